The fourth-order valence-electron chi connectivity index (χ4n) is 0.264. The summed E-state index contributed by atoms with van der Waals surface area (Å²) in [6.07, 6.45) is 1.49. The van der Waals surface area contributed by atoms with E-state index in [4.69, 9.17) is 0 Å². The van der Waals surface area contributed by atoms with Crippen molar-refractivity contribution in [2.75, 3.05) is 13.2 Å². The van der Waals surface area contributed by atoms with Crippen LogP contribution >= 0.6 is 0 Å². The van der Waals surface area contributed by atoms with E-state index in [0.29, 0.717) is 0 Å². The van der Waals surface area contributed by atoms with Gasteiger partial charge in [-0.3, -0.25) is 4.99 Å². The molecule has 1 rings (SSSR count). The number of nitrogens with zero attached hydrogens (tertiary/aromatic N) is 1. The molecule has 3 heteroatoms. The van der Waals surface area contributed by atoms with Crippen molar-refractivity contribution in [3.63, 3.8) is 0 Å². The van der Waals surface area contributed by atoms with Crippen LogP contribution in [0.2, 0.25) is 0 Å². The van der Waals surface area contributed by atoms with E-state index in [1.807, 2.05) is 0 Å². The maximum atomic E-state index is 4.65. The molecule has 0 aromatic rings. The third kappa shape index (κ3) is 1.64. The number of aliphatic imine (C=N–C) groups is 1. The van der Waals surface area contributed by atoms with E-state index in [1.165, 1.54) is 6.40 Å². The minimum atomic E-state index is 0. The zero-order valence-corrected chi connectivity index (χ0v) is 6.20. The molecule has 1 aliphatic rings. The summed E-state index contributed by atoms with van der Waals surface area (Å²) in [5.41, 5.74) is 0. The second kappa shape index (κ2) is 3.45. The van der Waals surface area contributed by atoms with E-state index in [9.17, 15) is 0 Å². The average molecular weight is 201 g/mol. The summed E-state index contributed by atoms with van der Waals surface area (Å²) < 4.78 is 4.65. The molecule has 0 saturated heterocycles. The first-order chi connectivity index (χ1) is 2.50. The van der Waals surface area contributed by atoms with Gasteiger partial charge in [0.2, 0.25) is 0 Å². The van der Waals surface area contributed by atoms with E-state index < -0.39 is 0 Å². The van der Waals surface area contributed by atoms with E-state index >= 15 is 0 Å². The van der Waals surface area contributed by atoms with Crippen molar-refractivity contribution in [1.82, 2.24) is 0 Å². The Hall–Kier alpha value is 0.260. The summed E-state index contributed by atoms with van der Waals surface area (Å²) >= 11 is 0. The van der Waals surface area contributed by atoms with Crippen LogP contribution in [-0.2, 0) is 4.74 Å². The topological polar surface area (TPSA) is 21.6 Å². The standard InChI is InChI=1S/C3H5NO.H2Te/c1-2-5-3-4-1;/h3H,1-2H2;1H2. The molecule has 2 nitrogen and oxygen atoms in total. The van der Waals surface area contributed by atoms with Crippen molar-refractivity contribution >= 4 is 30.1 Å². The molecular formula is C3H7NOTe. The Morgan fingerprint density at radius 1 is 1.67 bits per heavy atom. The van der Waals surface area contributed by atoms with Gasteiger partial charge >= 0.3 is 23.7 Å². The van der Waals surface area contributed by atoms with Gasteiger partial charge in [-0.25, -0.2) is 0 Å². The predicted molar refractivity (Wildman–Crippen MR) is 27.9 cm³/mol. The molecule has 0 unspecified atom stereocenters. The molecular weight excluding hydrogens is 194 g/mol. The van der Waals surface area contributed by atoms with Crippen LogP contribution in [0.1, 0.15) is 0 Å². The number of rotatable bonds is 0. The Bertz CT molecular complexity index is 48.8. The Balaban J connectivity index is 0.000000250. The summed E-state index contributed by atoms with van der Waals surface area (Å²) in [6.45, 7) is 1.62. The van der Waals surface area contributed by atoms with Gasteiger partial charge in [0.15, 0.2) is 6.40 Å². The Morgan fingerprint density at radius 2 is 2.50 bits per heavy atom. The van der Waals surface area contributed by atoms with Crippen molar-refractivity contribution in [2.24, 2.45) is 4.99 Å². The maximum absolute atomic E-state index is 4.65. The van der Waals surface area contributed by atoms with Crippen molar-refractivity contribution in [3.05, 3.63) is 0 Å². The zero-order valence-electron chi connectivity index (χ0n) is 3.35. The van der Waals surface area contributed by atoms with Crippen LogP contribution in [-0.4, -0.2) is 43.2 Å². The van der Waals surface area contributed by atoms with Crippen LogP contribution in [0.5, 0.6) is 0 Å². The summed E-state index contributed by atoms with van der Waals surface area (Å²) in [4.78, 5) is 3.74. The second-order valence-corrected chi connectivity index (χ2v) is 0.882. The molecule has 0 saturated carbocycles. The Morgan fingerprint density at radius 3 is 2.67 bits per heavy atom. The van der Waals surface area contributed by atoms with Crippen molar-refractivity contribution < 1.29 is 4.74 Å². The third-order valence-corrected chi connectivity index (χ3v) is 0.487. The number of hydrogen-bond donors (Lipinski definition) is 0. The normalized spacial score (nSPS) is 16.0. The average Bonchev–Trinajstić information content (AvgIpc) is 1.76. The van der Waals surface area contributed by atoms with Crippen LogP contribution in [0.25, 0.3) is 0 Å². The fourth-order valence-corrected chi connectivity index (χ4v) is 0.264. The Kier molecular flexibility index (Phi) is 3.60. The first kappa shape index (κ1) is 6.26. The molecule has 0 bridgehead atoms. The molecule has 0 radical (unpaired) electrons. The molecule has 0 aromatic carbocycles. The van der Waals surface area contributed by atoms with Crippen LogP contribution in [0, 0.1) is 0 Å². The molecule has 0 N–H and O–H groups in total. The second-order valence-electron chi connectivity index (χ2n) is 0.882. The Labute approximate surface area is 53.3 Å². The van der Waals surface area contributed by atoms with Crippen molar-refractivity contribution in [1.29, 1.82) is 0 Å². The zero-order chi connectivity index (χ0) is 3.54. The predicted octanol–water partition coefficient (Wildman–Crippen LogP) is -0.871. The molecule has 36 valence electrons. The van der Waals surface area contributed by atoms with E-state index in [-0.39, 0.29) is 23.7 Å². The number of ether oxygens (including phenoxy) is 1. The van der Waals surface area contributed by atoms with E-state index in [2.05, 4.69) is 9.73 Å². The monoisotopic (exact) mass is 203 g/mol. The first-order valence-corrected chi connectivity index (χ1v) is 1.60. The summed E-state index contributed by atoms with van der Waals surface area (Å²) in [7, 11) is 0. The van der Waals surface area contributed by atoms with Gasteiger partial charge in [0.1, 0.15) is 6.61 Å². The quantitative estimate of drug-likeness (QED) is 0.466. The van der Waals surface area contributed by atoms with Crippen LogP contribution in [0.4, 0.5) is 0 Å². The van der Waals surface area contributed by atoms with Crippen LogP contribution < -0.4 is 0 Å². The molecule has 0 amide bonds. The molecule has 6 heavy (non-hydrogen) atoms. The van der Waals surface area contributed by atoms with Crippen molar-refractivity contribution in [2.45, 2.75) is 0 Å². The molecule has 1 aliphatic heterocycles. The van der Waals surface area contributed by atoms with E-state index in [1.54, 1.807) is 0 Å². The van der Waals surface area contributed by atoms with Gasteiger partial charge in [-0.05, 0) is 0 Å². The number of hydrogen-bond acceptors (Lipinski definition) is 2. The summed E-state index contributed by atoms with van der Waals surface area (Å²) in [6, 6.07) is 0. The van der Waals surface area contributed by atoms with Crippen LogP contribution in [0.15, 0.2) is 4.99 Å². The fraction of sp³-hybridized carbons (Fsp3) is 0.667. The minimum absolute atomic E-state index is 0. The van der Waals surface area contributed by atoms with E-state index in [0.717, 1.165) is 13.2 Å². The van der Waals surface area contributed by atoms with Gasteiger partial charge in [0.25, 0.3) is 0 Å². The molecule has 0 fully saturated rings. The van der Waals surface area contributed by atoms with Gasteiger partial charge in [-0.2, -0.15) is 0 Å². The van der Waals surface area contributed by atoms with Crippen LogP contribution in [0.3, 0.4) is 0 Å². The molecule has 0 atom stereocenters. The third-order valence-electron chi connectivity index (χ3n) is 0.487. The van der Waals surface area contributed by atoms with Gasteiger partial charge in [0, 0.05) is 0 Å². The summed E-state index contributed by atoms with van der Waals surface area (Å²) in [5.74, 6) is 0. The molecule has 0 spiro atoms. The van der Waals surface area contributed by atoms with Gasteiger partial charge in [-0.15, -0.1) is 0 Å². The molecule has 0 aliphatic carbocycles. The SMILES string of the molecule is C1=NCCO1.[TeH2]. The molecule has 1 heterocycles. The van der Waals surface area contributed by atoms with Gasteiger partial charge in [-0.1, -0.05) is 0 Å². The van der Waals surface area contributed by atoms with Gasteiger partial charge in [0.05, 0.1) is 6.54 Å². The molecule has 0 aromatic heterocycles. The van der Waals surface area contributed by atoms with Crippen molar-refractivity contribution in [3.8, 4) is 0 Å². The van der Waals surface area contributed by atoms with Gasteiger partial charge < -0.3 is 4.74 Å². The summed E-state index contributed by atoms with van der Waals surface area (Å²) in [5, 5.41) is 0. The first-order valence-electron chi connectivity index (χ1n) is 1.60.